The molecule has 1 N–H and O–H groups in total. The van der Waals surface area contributed by atoms with Crippen LogP contribution < -0.4 is 5.32 Å². The summed E-state index contributed by atoms with van der Waals surface area (Å²) in [6, 6.07) is 4.24. The number of hydrogen-bond acceptors (Lipinski definition) is 6. The predicted molar refractivity (Wildman–Crippen MR) is 112 cm³/mol. The van der Waals surface area contributed by atoms with Crippen molar-refractivity contribution in [2.45, 2.75) is 30.7 Å². The third-order valence-electron chi connectivity index (χ3n) is 4.39. The highest BCUT2D eigenvalue weighted by atomic mass is 35.5. The fraction of sp³-hybridized carbons (Fsp3) is 0.444. The van der Waals surface area contributed by atoms with Crippen LogP contribution in [0.5, 0.6) is 0 Å². The number of carbonyl (C=O) groups is 1. The van der Waals surface area contributed by atoms with Gasteiger partial charge in [-0.15, -0.1) is 11.3 Å². The van der Waals surface area contributed by atoms with E-state index in [1.54, 1.807) is 0 Å². The molecule has 1 aliphatic rings. The standard InChI is InChI=1S/C18H23ClN4O3S2/c1-22(2)11-13-12-27-18(20-13)21-17(24)15-10-14(6-7-16(15)19)28(25,26)23-8-4-3-5-9-23/h6-7,10,12H,3-5,8-9,11H2,1-2H3,(H,20,21,24). The summed E-state index contributed by atoms with van der Waals surface area (Å²) in [5.41, 5.74) is 0.960. The second kappa shape index (κ2) is 8.87. The van der Waals surface area contributed by atoms with E-state index in [0.717, 1.165) is 25.0 Å². The minimum atomic E-state index is -3.64. The maximum atomic E-state index is 12.9. The molecule has 1 aliphatic heterocycles. The molecule has 10 heteroatoms. The van der Waals surface area contributed by atoms with Crippen molar-refractivity contribution in [3.63, 3.8) is 0 Å². The number of amides is 1. The van der Waals surface area contributed by atoms with Gasteiger partial charge in [-0.2, -0.15) is 4.31 Å². The topological polar surface area (TPSA) is 82.6 Å². The van der Waals surface area contributed by atoms with E-state index in [9.17, 15) is 13.2 Å². The van der Waals surface area contributed by atoms with Crippen molar-refractivity contribution in [2.75, 3.05) is 32.5 Å². The van der Waals surface area contributed by atoms with Crippen LogP contribution in [0.1, 0.15) is 35.3 Å². The van der Waals surface area contributed by atoms with E-state index >= 15 is 0 Å². The number of aromatic nitrogens is 1. The number of thiazole rings is 1. The van der Waals surface area contributed by atoms with E-state index in [-0.39, 0.29) is 15.5 Å². The Labute approximate surface area is 174 Å². The van der Waals surface area contributed by atoms with Gasteiger partial charge in [0.2, 0.25) is 10.0 Å². The number of hydrogen-bond donors (Lipinski definition) is 1. The molecule has 0 spiro atoms. The summed E-state index contributed by atoms with van der Waals surface area (Å²) in [6.45, 7) is 1.66. The molecule has 1 aromatic heterocycles. The first-order valence-electron chi connectivity index (χ1n) is 8.97. The monoisotopic (exact) mass is 442 g/mol. The molecule has 7 nitrogen and oxygen atoms in total. The van der Waals surface area contributed by atoms with Crippen LogP contribution in [0.4, 0.5) is 5.13 Å². The van der Waals surface area contributed by atoms with Gasteiger partial charge in [0.15, 0.2) is 5.13 Å². The van der Waals surface area contributed by atoms with Crippen LogP contribution in [0.2, 0.25) is 5.02 Å². The second-order valence-corrected chi connectivity index (χ2v) is 10.1. The normalized spacial score (nSPS) is 15.7. The Morgan fingerprint density at radius 1 is 1.29 bits per heavy atom. The highest BCUT2D eigenvalue weighted by Crippen LogP contribution is 2.26. The molecule has 0 bridgehead atoms. The first kappa shape index (κ1) is 21.2. The average Bonchev–Trinajstić information content (AvgIpc) is 3.08. The molecule has 0 radical (unpaired) electrons. The van der Waals surface area contributed by atoms with Gasteiger partial charge >= 0.3 is 0 Å². The van der Waals surface area contributed by atoms with Gasteiger partial charge in [-0.25, -0.2) is 13.4 Å². The van der Waals surface area contributed by atoms with Crippen LogP contribution >= 0.6 is 22.9 Å². The zero-order valence-corrected chi connectivity index (χ0v) is 18.2. The zero-order valence-electron chi connectivity index (χ0n) is 15.8. The number of nitrogens with zero attached hydrogens (tertiary/aromatic N) is 3. The first-order chi connectivity index (χ1) is 13.3. The largest absolute Gasteiger partial charge is 0.304 e. The van der Waals surface area contributed by atoms with Crippen molar-refractivity contribution in [3.8, 4) is 0 Å². The molecule has 1 fully saturated rings. The summed E-state index contributed by atoms with van der Waals surface area (Å²) in [4.78, 5) is 19.1. The summed E-state index contributed by atoms with van der Waals surface area (Å²) < 4.78 is 27.2. The van der Waals surface area contributed by atoms with Crippen molar-refractivity contribution < 1.29 is 13.2 Å². The fourth-order valence-electron chi connectivity index (χ4n) is 3.02. The van der Waals surface area contributed by atoms with Gasteiger partial charge in [-0.05, 0) is 45.1 Å². The number of carbonyl (C=O) groups excluding carboxylic acids is 1. The molecule has 1 aromatic carbocycles. The van der Waals surface area contributed by atoms with E-state index in [2.05, 4.69) is 10.3 Å². The summed E-state index contributed by atoms with van der Waals surface area (Å²) in [5, 5.41) is 5.22. The molecular weight excluding hydrogens is 420 g/mol. The Kier molecular flexibility index (Phi) is 6.72. The lowest BCUT2D eigenvalue weighted by molar-refractivity contribution is 0.102. The van der Waals surface area contributed by atoms with Gasteiger partial charge < -0.3 is 4.90 Å². The zero-order chi connectivity index (χ0) is 20.3. The predicted octanol–water partition coefficient (Wildman–Crippen LogP) is 3.29. The number of anilines is 1. The van der Waals surface area contributed by atoms with Crippen molar-refractivity contribution >= 4 is 44.0 Å². The van der Waals surface area contributed by atoms with Crippen molar-refractivity contribution in [3.05, 3.63) is 39.9 Å². The summed E-state index contributed by atoms with van der Waals surface area (Å²) in [6.07, 6.45) is 2.73. The molecule has 0 saturated carbocycles. The first-order valence-corrected chi connectivity index (χ1v) is 11.7. The van der Waals surface area contributed by atoms with Crippen LogP contribution in [0.3, 0.4) is 0 Å². The maximum absolute atomic E-state index is 12.9. The number of nitrogens with one attached hydrogen (secondary N) is 1. The third-order valence-corrected chi connectivity index (χ3v) is 7.42. The molecule has 1 amide bonds. The van der Waals surface area contributed by atoms with Crippen LogP contribution in [0.25, 0.3) is 0 Å². The van der Waals surface area contributed by atoms with Gasteiger partial charge in [0.05, 0.1) is 21.2 Å². The van der Waals surface area contributed by atoms with E-state index in [0.29, 0.717) is 24.8 Å². The number of halogens is 1. The minimum absolute atomic E-state index is 0.0800. The van der Waals surface area contributed by atoms with Gasteiger partial charge in [-0.3, -0.25) is 10.1 Å². The maximum Gasteiger partial charge on any atom is 0.259 e. The van der Waals surface area contributed by atoms with Gasteiger partial charge in [0.1, 0.15) is 0 Å². The lowest BCUT2D eigenvalue weighted by Crippen LogP contribution is -2.35. The molecule has 2 heterocycles. The van der Waals surface area contributed by atoms with E-state index in [4.69, 9.17) is 11.6 Å². The molecule has 0 unspecified atom stereocenters. The summed E-state index contributed by atoms with van der Waals surface area (Å²) in [7, 11) is 0.231. The highest BCUT2D eigenvalue weighted by Gasteiger charge is 2.27. The van der Waals surface area contributed by atoms with Gasteiger partial charge in [-0.1, -0.05) is 18.0 Å². The molecule has 0 aliphatic carbocycles. The SMILES string of the molecule is CN(C)Cc1csc(NC(=O)c2cc(S(=O)(=O)N3CCCCC3)ccc2Cl)n1. The number of benzene rings is 1. The lowest BCUT2D eigenvalue weighted by atomic mass is 10.2. The van der Waals surface area contributed by atoms with E-state index in [1.807, 2.05) is 24.4 Å². The Bertz CT molecular complexity index is 953. The van der Waals surface area contributed by atoms with E-state index < -0.39 is 15.9 Å². The molecule has 28 heavy (non-hydrogen) atoms. The quantitative estimate of drug-likeness (QED) is 0.742. The van der Waals surface area contributed by atoms with Gasteiger partial charge in [0.25, 0.3) is 5.91 Å². The van der Waals surface area contributed by atoms with Crippen LogP contribution in [0.15, 0.2) is 28.5 Å². The summed E-state index contributed by atoms with van der Waals surface area (Å²) >= 11 is 7.49. The molecule has 1 saturated heterocycles. The van der Waals surface area contributed by atoms with Crippen molar-refractivity contribution in [1.82, 2.24) is 14.2 Å². The third kappa shape index (κ3) is 4.90. The molecular formula is C18H23ClN4O3S2. The Morgan fingerprint density at radius 2 is 2.00 bits per heavy atom. The van der Waals surface area contributed by atoms with Crippen molar-refractivity contribution in [2.24, 2.45) is 0 Å². The second-order valence-electron chi connectivity index (χ2n) is 6.94. The molecule has 2 aromatic rings. The Morgan fingerprint density at radius 3 is 2.68 bits per heavy atom. The smallest absolute Gasteiger partial charge is 0.259 e. The van der Waals surface area contributed by atoms with Crippen LogP contribution in [-0.2, 0) is 16.6 Å². The minimum Gasteiger partial charge on any atom is -0.304 e. The van der Waals surface area contributed by atoms with Crippen molar-refractivity contribution in [1.29, 1.82) is 0 Å². The molecule has 0 atom stereocenters. The Balaban J connectivity index is 1.80. The summed E-state index contributed by atoms with van der Waals surface area (Å²) in [5.74, 6) is -0.480. The number of piperidine rings is 1. The molecule has 3 rings (SSSR count). The number of sulfonamides is 1. The highest BCUT2D eigenvalue weighted by molar-refractivity contribution is 7.89. The fourth-order valence-corrected chi connectivity index (χ4v) is 5.46. The number of rotatable bonds is 6. The Hall–Kier alpha value is -1.52. The van der Waals surface area contributed by atoms with Gasteiger partial charge in [0, 0.05) is 25.0 Å². The van der Waals surface area contributed by atoms with Crippen LogP contribution in [-0.4, -0.2) is 55.7 Å². The molecule has 152 valence electrons. The lowest BCUT2D eigenvalue weighted by Gasteiger charge is -2.26. The average molecular weight is 443 g/mol. The van der Waals surface area contributed by atoms with E-state index in [1.165, 1.54) is 33.8 Å². The van der Waals surface area contributed by atoms with Crippen LogP contribution in [0, 0.1) is 0 Å².